The monoisotopic (exact) mass is 421 g/mol. The summed E-state index contributed by atoms with van der Waals surface area (Å²) in [5, 5.41) is 8.82. The average Bonchev–Trinajstić information content (AvgIpc) is 3.23. The highest BCUT2D eigenvalue weighted by Crippen LogP contribution is 2.29. The highest BCUT2D eigenvalue weighted by atomic mass is 16.7. The van der Waals surface area contributed by atoms with Gasteiger partial charge in [0, 0.05) is 33.9 Å². The molecule has 0 unspecified atom stereocenters. The van der Waals surface area contributed by atoms with E-state index in [-0.39, 0.29) is 12.1 Å². The van der Waals surface area contributed by atoms with E-state index < -0.39 is 6.61 Å². The smallest absolute Gasteiger partial charge is 0.181 e. The van der Waals surface area contributed by atoms with E-state index in [1.165, 1.54) is 28.3 Å². The molecule has 0 bridgehead atoms. The Kier molecular flexibility index (Phi) is 8.74. The maximum atomic E-state index is 11.2. The molecule has 0 aliphatic heterocycles. The molecule has 1 N–H and O–H groups in total. The van der Waals surface area contributed by atoms with Crippen molar-refractivity contribution in [3.63, 3.8) is 0 Å². The topological polar surface area (TPSA) is 59.0 Å². The summed E-state index contributed by atoms with van der Waals surface area (Å²) in [5.41, 5.74) is 6.28. The van der Waals surface area contributed by atoms with Crippen molar-refractivity contribution in [3.05, 3.63) is 82.9 Å². The van der Waals surface area contributed by atoms with Gasteiger partial charge in [-0.05, 0) is 46.7 Å². The summed E-state index contributed by atoms with van der Waals surface area (Å²) in [6, 6.07) is 16.7. The lowest BCUT2D eigenvalue weighted by Crippen LogP contribution is -2.35. The molecule has 0 radical (unpaired) electrons. The van der Waals surface area contributed by atoms with E-state index in [1.807, 2.05) is 12.1 Å². The lowest BCUT2D eigenvalue weighted by molar-refractivity contribution is -0.117. The third kappa shape index (κ3) is 6.71. The Morgan fingerprint density at radius 1 is 1.13 bits per heavy atom. The average molecular weight is 422 g/mol. The molecule has 0 spiro atoms. The Morgan fingerprint density at radius 2 is 1.87 bits per heavy atom. The largest absolute Gasteiger partial charge is 0.388 e. The Hall–Kier alpha value is -2.57. The van der Waals surface area contributed by atoms with E-state index >= 15 is 0 Å². The van der Waals surface area contributed by atoms with Crippen molar-refractivity contribution in [1.29, 1.82) is 0 Å². The molecule has 2 aromatic carbocycles. The number of aliphatic hydroxyl groups excluding tert-OH is 1. The van der Waals surface area contributed by atoms with Crippen LogP contribution in [0.1, 0.15) is 28.7 Å². The minimum absolute atomic E-state index is 0.281. The second-order valence-electron chi connectivity index (χ2n) is 7.68. The van der Waals surface area contributed by atoms with Crippen LogP contribution in [-0.2, 0) is 27.2 Å². The number of fused-ring (bicyclic) bond motifs is 1. The summed E-state index contributed by atoms with van der Waals surface area (Å²) < 4.78 is 10.9. The van der Waals surface area contributed by atoms with Crippen LogP contribution in [0.2, 0.25) is 0 Å². The number of rotatable bonds is 12. The molecule has 164 valence electrons. The SMILES string of the molecule is COC(CN(CCC1=CCc2ccccc21)Cc1ccc(/C=C/C(=O)CO)cc1)OC. The number of hydrogen-bond donors (Lipinski definition) is 1. The zero-order chi connectivity index (χ0) is 22.1. The first-order chi connectivity index (χ1) is 15.1. The molecule has 31 heavy (non-hydrogen) atoms. The molecule has 5 heteroatoms. The summed E-state index contributed by atoms with van der Waals surface area (Å²) in [4.78, 5) is 13.6. The number of ketones is 1. The van der Waals surface area contributed by atoms with E-state index in [4.69, 9.17) is 14.6 Å². The fourth-order valence-electron chi connectivity index (χ4n) is 3.80. The quantitative estimate of drug-likeness (QED) is 0.418. The normalized spacial score (nSPS) is 13.3. The molecule has 0 saturated carbocycles. The van der Waals surface area contributed by atoms with Gasteiger partial charge < -0.3 is 14.6 Å². The van der Waals surface area contributed by atoms with Crippen LogP contribution in [0.3, 0.4) is 0 Å². The highest BCUT2D eigenvalue weighted by molar-refractivity contribution is 5.94. The predicted molar refractivity (Wildman–Crippen MR) is 123 cm³/mol. The van der Waals surface area contributed by atoms with E-state index in [0.29, 0.717) is 6.54 Å². The highest BCUT2D eigenvalue weighted by Gasteiger charge is 2.17. The van der Waals surface area contributed by atoms with Crippen LogP contribution in [0.5, 0.6) is 0 Å². The number of hydrogen-bond acceptors (Lipinski definition) is 5. The summed E-state index contributed by atoms with van der Waals surface area (Å²) in [7, 11) is 3.33. The van der Waals surface area contributed by atoms with Gasteiger partial charge in [-0.1, -0.05) is 60.7 Å². The number of methoxy groups -OCH3 is 2. The van der Waals surface area contributed by atoms with Crippen molar-refractivity contribution in [2.24, 2.45) is 0 Å². The van der Waals surface area contributed by atoms with E-state index in [0.717, 1.165) is 31.5 Å². The third-order valence-corrected chi connectivity index (χ3v) is 5.57. The van der Waals surface area contributed by atoms with Gasteiger partial charge in [-0.15, -0.1) is 0 Å². The zero-order valence-corrected chi connectivity index (χ0v) is 18.3. The first-order valence-corrected chi connectivity index (χ1v) is 10.6. The van der Waals surface area contributed by atoms with Gasteiger partial charge >= 0.3 is 0 Å². The van der Waals surface area contributed by atoms with Crippen LogP contribution in [-0.4, -0.2) is 56.0 Å². The van der Waals surface area contributed by atoms with Crippen molar-refractivity contribution in [2.45, 2.75) is 25.7 Å². The molecule has 1 aliphatic carbocycles. The summed E-state index contributed by atoms with van der Waals surface area (Å²) >= 11 is 0. The molecule has 2 aromatic rings. The fraction of sp³-hybridized carbons (Fsp3) is 0.346. The van der Waals surface area contributed by atoms with Crippen molar-refractivity contribution in [3.8, 4) is 0 Å². The Morgan fingerprint density at radius 3 is 2.58 bits per heavy atom. The third-order valence-electron chi connectivity index (χ3n) is 5.57. The van der Waals surface area contributed by atoms with Crippen molar-refractivity contribution in [1.82, 2.24) is 4.90 Å². The minimum atomic E-state index is -0.468. The summed E-state index contributed by atoms with van der Waals surface area (Å²) in [5.74, 6) is -0.303. The second-order valence-corrected chi connectivity index (χ2v) is 7.68. The van der Waals surface area contributed by atoms with E-state index in [1.54, 1.807) is 20.3 Å². The Labute approximate surface area is 184 Å². The standard InChI is InChI=1S/C26H31NO4/c1-30-26(31-2)18-27(16-15-23-13-12-22-5-3-4-6-25(22)23)17-21-9-7-20(8-10-21)11-14-24(29)19-28/h3-11,13-14,26,28H,12,15-19H2,1-2H3/b14-11+. The van der Waals surface area contributed by atoms with E-state index in [9.17, 15) is 4.79 Å². The first kappa shape index (κ1) is 23.1. The van der Waals surface area contributed by atoms with Crippen LogP contribution in [0.15, 0.2) is 60.7 Å². The molecule has 3 rings (SSSR count). The van der Waals surface area contributed by atoms with Crippen molar-refractivity contribution in [2.75, 3.05) is 33.9 Å². The van der Waals surface area contributed by atoms with Crippen LogP contribution >= 0.6 is 0 Å². The molecular formula is C26H31NO4. The van der Waals surface area contributed by atoms with Crippen LogP contribution < -0.4 is 0 Å². The molecule has 5 nitrogen and oxygen atoms in total. The molecule has 0 fully saturated rings. The lowest BCUT2D eigenvalue weighted by Gasteiger charge is -2.26. The maximum absolute atomic E-state index is 11.2. The predicted octanol–water partition coefficient (Wildman–Crippen LogP) is 3.71. The molecule has 0 saturated heterocycles. The number of ether oxygens (including phenoxy) is 2. The molecule has 0 aromatic heterocycles. The van der Waals surface area contributed by atoms with Gasteiger partial charge in [-0.2, -0.15) is 0 Å². The van der Waals surface area contributed by atoms with Gasteiger partial charge in [-0.25, -0.2) is 0 Å². The van der Waals surface area contributed by atoms with Gasteiger partial charge in [0.15, 0.2) is 12.1 Å². The number of carbonyl (C=O) groups is 1. The van der Waals surface area contributed by atoms with E-state index in [2.05, 4.69) is 47.4 Å². The van der Waals surface area contributed by atoms with Gasteiger partial charge in [0.1, 0.15) is 6.61 Å². The number of aliphatic hydroxyl groups is 1. The van der Waals surface area contributed by atoms with Gasteiger partial charge in [-0.3, -0.25) is 9.69 Å². The minimum Gasteiger partial charge on any atom is -0.388 e. The van der Waals surface area contributed by atoms with Crippen LogP contribution in [0, 0.1) is 0 Å². The maximum Gasteiger partial charge on any atom is 0.181 e. The van der Waals surface area contributed by atoms with Gasteiger partial charge in [0.25, 0.3) is 0 Å². The Bertz CT molecular complexity index is 913. The van der Waals surface area contributed by atoms with Gasteiger partial charge in [0.2, 0.25) is 0 Å². The molecule has 0 atom stereocenters. The van der Waals surface area contributed by atoms with Crippen LogP contribution in [0.25, 0.3) is 11.6 Å². The lowest BCUT2D eigenvalue weighted by atomic mass is 10.0. The van der Waals surface area contributed by atoms with Crippen LogP contribution in [0.4, 0.5) is 0 Å². The fourth-order valence-corrected chi connectivity index (χ4v) is 3.80. The van der Waals surface area contributed by atoms with Crippen molar-refractivity contribution >= 4 is 17.4 Å². The summed E-state index contributed by atoms with van der Waals surface area (Å²) in [6.45, 7) is 1.88. The van der Waals surface area contributed by atoms with Gasteiger partial charge in [0.05, 0.1) is 0 Å². The Balaban J connectivity index is 1.65. The molecular weight excluding hydrogens is 390 g/mol. The number of benzene rings is 2. The van der Waals surface area contributed by atoms with Crippen molar-refractivity contribution < 1.29 is 19.4 Å². The molecule has 1 aliphatic rings. The number of nitrogens with zero attached hydrogens (tertiary/aromatic N) is 1. The molecule has 0 amide bonds. The molecule has 0 heterocycles. The first-order valence-electron chi connectivity index (χ1n) is 10.6. The number of allylic oxidation sites excluding steroid dienone is 1. The summed E-state index contributed by atoms with van der Waals surface area (Å²) in [6.07, 6.45) is 7.16. The second kappa shape index (κ2) is 11.7. The number of carbonyl (C=O) groups excluding carboxylic acids is 1. The zero-order valence-electron chi connectivity index (χ0n) is 18.3.